The second kappa shape index (κ2) is 12.2. The topological polar surface area (TPSA) is 64.0 Å². The number of hydrogen-bond acceptors (Lipinski definition) is 4. The van der Waals surface area contributed by atoms with Crippen molar-refractivity contribution in [3.63, 3.8) is 0 Å². The molecule has 2 heterocycles. The lowest BCUT2D eigenvalue weighted by atomic mass is 9.97. The molecule has 1 amide bonds. The number of nitrogens with one attached hydrogen (secondary N) is 1. The van der Waals surface area contributed by atoms with Crippen LogP contribution < -0.4 is 5.32 Å². The summed E-state index contributed by atoms with van der Waals surface area (Å²) in [6, 6.07) is 17.6. The van der Waals surface area contributed by atoms with E-state index in [1.54, 1.807) is 6.07 Å². The van der Waals surface area contributed by atoms with Crippen molar-refractivity contribution in [2.45, 2.75) is 71.8 Å². The fourth-order valence-electron chi connectivity index (χ4n) is 5.74. The third-order valence-electron chi connectivity index (χ3n) is 8.20. The van der Waals surface area contributed by atoms with E-state index in [2.05, 4.69) is 59.0 Å². The summed E-state index contributed by atoms with van der Waals surface area (Å²) in [6.45, 7) is 5.08. The van der Waals surface area contributed by atoms with Gasteiger partial charge in [-0.25, -0.2) is 9.37 Å². The number of amides is 1. The molecule has 216 valence electrons. The van der Waals surface area contributed by atoms with Crippen molar-refractivity contribution >= 4 is 49.3 Å². The summed E-state index contributed by atoms with van der Waals surface area (Å²) < 4.78 is 17.0. The van der Waals surface area contributed by atoms with Crippen LogP contribution in [0.5, 0.6) is 0 Å². The molecule has 0 atom stereocenters. The molecule has 0 spiro atoms. The molecular formula is C35H36FN3O2S. The number of thiazole rings is 1. The van der Waals surface area contributed by atoms with E-state index in [4.69, 9.17) is 0 Å². The number of aryl methyl sites for hydroxylation is 3. The Bertz CT molecular complexity index is 1780. The molecule has 0 bridgehead atoms. The Morgan fingerprint density at radius 3 is 2.60 bits per heavy atom. The van der Waals surface area contributed by atoms with Gasteiger partial charge in [0, 0.05) is 41.5 Å². The van der Waals surface area contributed by atoms with Crippen LogP contribution in [0.15, 0.2) is 60.8 Å². The van der Waals surface area contributed by atoms with Crippen molar-refractivity contribution in [3.8, 4) is 11.1 Å². The molecule has 1 N–H and O–H groups in total. The van der Waals surface area contributed by atoms with Crippen molar-refractivity contribution in [3.05, 3.63) is 83.3 Å². The standard InChI is InChI=1S/C35H36FN3O2S/c1-3-17-39-21-29(32(40)8-6-5-7-24-18-27(36)14-11-22(24)4-2)28-19-25(13-16-31(28)39)26-12-15-30-33(20-26)42-35(37-30)38-34(41)23-9-10-23/h11-16,18-21,23H,3-10,17H2,1-2H3,(H,37,38,41). The quantitative estimate of drug-likeness (QED) is 0.118. The number of Topliss-reactive ketones (excluding diaryl/α,β-unsaturated/α-hetero) is 1. The Labute approximate surface area is 249 Å². The molecule has 0 radical (unpaired) electrons. The monoisotopic (exact) mass is 581 g/mol. The summed E-state index contributed by atoms with van der Waals surface area (Å²) in [7, 11) is 0. The van der Waals surface area contributed by atoms with Crippen LogP contribution in [0.1, 0.15) is 73.9 Å². The van der Waals surface area contributed by atoms with E-state index >= 15 is 0 Å². The number of nitrogens with zero attached hydrogens (tertiary/aromatic N) is 2. The molecule has 7 heteroatoms. The number of rotatable bonds is 12. The third-order valence-corrected chi connectivity index (χ3v) is 9.13. The molecular weight excluding hydrogens is 545 g/mol. The Kier molecular flexibility index (Phi) is 8.20. The molecule has 1 aliphatic carbocycles. The maximum atomic E-state index is 13.8. The predicted octanol–water partition coefficient (Wildman–Crippen LogP) is 8.97. The summed E-state index contributed by atoms with van der Waals surface area (Å²) in [5.41, 5.74) is 7.02. The van der Waals surface area contributed by atoms with Crippen LogP contribution in [0.2, 0.25) is 0 Å². The van der Waals surface area contributed by atoms with Crippen LogP contribution in [0.4, 0.5) is 9.52 Å². The van der Waals surface area contributed by atoms with Gasteiger partial charge in [-0.1, -0.05) is 43.4 Å². The van der Waals surface area contributed by atoms with Gasteiger partial charge in [0.05, 0.1) is 10.2 Å². The third kappa shape index (κ3) is 6.02. The molecule has 42 heavy (non-hydrogen) atoms. The molecule has 2 aromatic heterocycles. The highest BCUT2D eigenvalue weighted by Gasteiger charge is 2.30. The molecule has 3 aromatic carbocycles. The zero-order valence-corrected chi connectivity index (χ0v) is 25.0. The number of unbranched alkanes of at least 4 members (excludes halogenated alkanes) is 1. The van der Waals surface area contributed by atoms with E-state index in [0.717, 1.165) is 94.9 Å². The Morgan fingerprint density at radius 1 is 1.00 bits per heavy atom. The lowest BCUT2D eigenvalue weighted by molar-refractivity contribution is -0.117. The molecule has 1 saturated carbocycles. The van der Waals surface area contributed by atoms with Gasteiger partial charge in [-0.3, -0.25) is 9.59 Å². The number of halogens is 1. The van der Waals surface area contributed by atoms with Crippen LogP contribution in [-0.4, -0.2) is 21.2 Å². The van der Waals surface area contributed by atoms with Crippen molar-refractivity contribution in [1.82, 2.24) is 9.55 Å². The van der Waals surface area contributed by atoms with Gasteiger partial charge in [-0.05, 0) is 104 Å². The molecule has 0 unspecified atom stereocenters. The highest BCUT2D eigenvalue weighted by atomic mass is 32.1. The highest BCUT2D eigenvalue weighted by Crippen LogP contribution is 2.35. The number of fused-ring (bicyclic) bond motifs is 2. The van der Waals surface area contributed by atoms with Crippen LogP contribution in [0.25, 0.3) is 32.2 Å². The smallest absolute Gasteiger partial charge is 0.229 e. The molecule has 5 aromatic rings. The van der Waals surface area contributed by atoms with E-state index in [9.17, 15) is 14.0 Å². The molecule has 6 rings (SSSR count). The number of hydrogen-bond donors (Lipinski definition) is 1. The van der Waals surface area contributed by atoms with Gasteiger partial charge in [0.25, 0.3) is 0 Å². The van der Waals surface area contributed by atoms with E-state index in [0.29, 0.717) is 11.6 Å². The molecule has 5 nitrogen and oxygen atoms in total. The second-order valence-corrected chi connectivity index (χ2v) is 12.4. The average Bonchev–Trinajstić information content (AvgIpc) is 3.68. The van der Waals surface area contributed by atoms with Crippen LogP contribution in [0, 0.1) is 11.7 Å². The summed E-state index contributed by atoms with van der Waals surface area (Å²) >= 11 is 1.49. The Balaban J connectivity index is 1.21. The van der Waals surface area contributed by atoms with Crippen LogP contribution in [-0.2, 0) is 24.2 Å². The molecule has 1 aliphatic rings. The maximum Gasteiger partial charge on any atom is 0.229 e. The summed E-state index contributed by atoms with van der Waals surface area (Å²) in [6.07, 6.45) is 8.65. The fraction of sp³-hybridized carbons (Fsp3) is 0.343. The summed E-state index contributed by atoms with van der Waals surface area (Å²) in [5.74, 6) is 0.149. The van der Waals surface area contributed by atoms with Gasteiger partial charge < -0.3 is 9.88 Å². The number of benzene rings is 3. The van der Waals surface area contributed by atoms with Crippen molar-refractivity contribution in [2.75, 3.05) is 5.32 Å². The van der Waals surface area contributed by atoms with Gasteiger partial charge in [-0.2, -0.15) is 0 Å². The first kappa shape index (κ1) is 28.3. The normalized spacial score (nSPS) is 13.2. The highest BCUT2D eigenvalue weighted by molar-refractivity contribution is 7.22. The van der Waals surface area contributed by atoms with E-state index < -0.39 is 0 Å². The maximum absolute atomic E-state index is 13.8. The lowest BCUT2D eigenvalue weighted by Crippen LogP contribution is -2.12. The minimum atomic E-state index is -0.201. The second-order valence-electron chi connectivity index (χ2n) is 11.3. The van der Waals surface area contributed by atoms with Crippen molar-refractivity contribution in [1.29, 1.82) is 0 Å². The predicted molar refractivity (Wildman–Crippen MR) is 170 cm³/mol. The largest absolute Gasteiger partial charge is 0.347 e. The Hall–Kier alpha value is -3.84. The fourth-order valence-corrected chi connectivity index (χ4v) is 6.65. The number of ketones is 1. The SMILES string of the molecule is CCCn1cc(C(=O)CCCCc2cc(F)ccc2CC)c2cc(-c3ccc4nc(NC(=O)C5CC5)sc4c3)ccc21. The van der Waals surface area contributed by atoms with E-state index in [1.165, 1.54) is 23.0 Å². The minimum absolute atomic E-state index is 0.0631. The number of anilines is 1. The summed E-state index contributed by atoms with van der Waals surface area (Å²) in [5, 5.41) is 4.58. The van der Waals surface area contributed by atoms with Gasteiger partial charge in [0.15, 0.2) is 10.9 Å². The van der Waals surface area contributed by atoms with Crippen molar-refractivity contribution in [2.24, 2.45) is 5.92 Å². The Morgan fingerprint density at radius 2 is 1.81 bits per heavy atom. The first-order valence-corrected chi connectivity index (χ1v) is 15.9. The van der Waals surface area contributed by atoms with Crippen LogP contribution in [0.3, 0.4) is 0 Å². The van der Waals surface area contributed by atoms with Gasteiger partial charge in [-0.15, -0.1) is 0 Å². The van der Waals surface area contributed by atoms with E-state index in [1.807, 2.05) is 18.3 Å². The summed E-state index contributed by atoms with van der Waals surface area (Å²) in [4.78, 5) is 30.3. The zero-order valence-electron chi connectivity index (χ0n) is 24.2. The first-order valence-electron chi connectivity index (χ1n) is 15.1. The van der Waals surface area contributed by atoms with Crippen molar-refractivity contribution < 1.29 is 14.0 Å². The van der Waals surface area contributed by atoms with Crippen LogP contribution >= 0.6 is 11.3 Å². The first-order chi connectivity index (χ1) is 20.4. The lowest BCUT2D eigenvalue weighted by Gasteiger charge is -2.08. The average molecular weight is 582 g/mol. The zero-order chi connectivity index (χ0) is 29.2. The number of carbonyl (C=O) groups is 2. The number of aromatic nitrogens is 2. The molecule has 1 fully saturated rings. The number of carbonyl (C=O) groups excluding carboxylic acids is 2. The van der Waals surface area contributed by atoms with Gasteiger partial charge in [0.1, 0.15) is 5.82 Å². The van der Waals surface area contributed by atoms with E-state index in [-0.39, 0.29) is 23.4 Å². The van der Waals surface area contributed by atoms with Gasteiger partial charge in [0.2, 0.25) is 5.91 Å². The van der Waals surface area contributed by atoms with Gasteiger partial charge >= 0.3 is 0 Å². The molecule has 0 aliphatic heterocycles. The molecule has 0 saturated heterocycles. The minimum Gasteiger partial charge on any atom is -0.347 e.